The Balaban J connectivity index is 1.35. The lowest BCUT2D eigenvalue weighted by Crippen LogP contribution is -2.34. The Labute approximate surface area is 147 Å². The summed E-state index contributed by atoms with van der Waals surface area (Å²) in [6, 6.07) is 0. The highest BCUT2D eigenvalue weighted by molar-refractivity contribution is 7.11. The van der Waals surface area contributed by atoms with Gasteiger partial charge < -0.3 is 9.88 Å². The molecule has 2 aliphatic rings. The summed E-state index contributed by atoms with van der Waals surface area (Å²) in [4.78, 5) is 8.50. The number of piperidine rings is 1. The van der Waals surface area contributed by atoms with Gasteiger partial charge in [0.1, 0.15) is 11.6 Å². The third kappa shape index (κ3) is 3.25. The van der Waals surface area contributed by atoms with Crippen LogP contribution in [0, 0.1) is 0 Å². The Morgan fingerprint density at radius 2 is 2.08 bits per heavy atom. The second-order valence-electron chi connectivity index (χ2n) is 7.17. The van der Waals surface area contributed by atoms with Crippen molar-refractivity contribution in [2.24, 2.45) is 0 Å². The van der Waals surface area contributed by atoms with E-state index in [9.17, 15) is 0 Å². The molecule has 0 saturated carbocycles. The predicted octanol–water partition coefficient (Wildman–Crippen LogP) is 2.34. The average molecular weight is 347 g/mol. The van der Waals surface area contributed by atoms with Crippen LogP contribution in [-0.4, -0.2) is 44.3 Å². The normalized spacial score (nSPS) is 19.8. The smallest absolute Gasteiger partial charge is 0.147 e. The van der Waals surface area contributed by atoms with Crippen molar-refractivity contribution in [3.05, 3.63) is 27.7 Å². The zero-order valence-electron chi connectivity index (χ0n) is 14.5. The van der Waals surface area contributed by atoms with E-state index in [-0.39, 0.29) is 0 Å². The molecule has 0 amide bonds. The fourth-order valence-corrected chi connectivity index (χ4v) is 4.61. The van der Waals surface area contributed by atoms with E-state index in [4.69, 9.17) is 0 Å². The van der Waals surface area contributed by atoms with Gasteiger partial charge in [0.25, 0.3) is 0 Å². The van der Waals surface area contributed by atoms with E-state index in [1.54, 1.807) is 0 Å². The molecule has 1 saturated heterocycles. The quantitative estimate of drug-likeness (QED) is 0.921. The zero-order chi connectivity index (χ0) is 16.5. The third-order valence-electron chi connectivity index (χ3n) is 5.05. The summed E-state index contributed by atoms with van der Waals surface area (Å²) < 4.78 is 2.34. The SMILES string of the molecule is CC(C)c1ncc(CN2CCC(c3nnc4n3CCNC4)CC2)s1. The van der Waals surface area contributed by atoms with Crippen LogP contribution < -0.4 is 5.32 Å². The number of nitrogens with one attached hydrogen (secondary N) is 1. The van der Waals surface area contributed by atoms with E-state index in [2.05, 4.69) is 50.0 Å². The first-order valence-corrected chi connectivity index (χ1v) is 9.82. The lowest BCUT2D eigenvalue weighted by atomic mass is 9.95. The molecular weight excluding hydrogens is 320 g/mol. The Morgan fingerprint density at radius 3 is 2.83 bits per heavy atom. The summed E-state index contributed by atoms with van der Waals surface area (Å²) in [6.45, 7) is 10.6. The van der Waals surface area contributed by atoms with Crippen molar-refractivity contribution in [1.29, 1.82) is 0 Å². The van der Waals surface area contributed by atoms with Gasteiger partial charge in [0.15, 0.2) is 0 Å². The maximum absolute atomic E-state index is 4.55. The van der Waals surface area contributed by atoms with Crippen molar-refractivity contribution in [3.8, 4) is 0 Å². The van der Waals surface area contributed by atoms with Crippen LogP contribution in [0.3, 0.4) is 0 Å². The summed E-state index contributed by atoms with van der Waals surface area (Å²) in [5.74, 6) is 3.41. The number of likely N-dealkylation sites (tertiary alicyclic amines) is 1. The molecule has 0 aliphatic carbocycles. The Bertz CT molecular complexity index is 683. The molecule has 4 heterocycles. The van der Waals surface area contributed by atoms with Crippen LogP contribution in [-0.2, 0) is 19.6 Å². The van der Waals surface area contributed by atoms with E-state index in [1.807, 2.05) is 11.3 Å². The van der Waals surface area contributed by atoms with Gasteiger partial charge in [-0.25, -0.2) is 4.98 Å². The van der Waals surface area contributed by atoms with E-state index in [0.717, 1.165) is 45.1 Å². The maximum atomic E-state index is 4.55. The number of hydrogen-bond donors (Lipinski definition) is 1. The first-order chi connectivity index (χ1) is 11.7. The van der Waals surface area contributed by atoms with Gasteiger partial charge in [-0.15, -0.1) is 21.5 Å². The molecule has 24 heavy (non-hydrogen) atoms. The fraction of sp³-hybridized carbons (Fsp3) is 0.706. The van der Waals surface area contributed by atoms with Crippen LogP contribution in [0.5, 0.6) is 0 Å². The Hall–Kier alpha value is -1.31. The van der Waals surface area contributed by atoms with Crippen LogP contribution in [0.25, 0.3) is 0 Å². The zero-order valence-corrected chi connectivity index (χ0v) is 15.3. The van der Waals surface area contributed by atoms with Gasteiger partial charge >= 0.3 is 0 Å². The highest BCUT2D eigenvalue weighted by Gasteiger charge is 2.27. The highest BCUT2D eigenvalue weighted by Crippen LogP contribution is 2.29. The van der Waals surface area contributed by atoms with Crippen LogP contribution in [0.4, 0.5) is 0 Å². The monoisotopic (exact) mass is 346 g/mol. The van der Waals surface area contributed by atoms with Crippen molar-refractivity contribution in [2.75, 3.05) is 19.6 Å². The first kappa shape index (κ1) is 16.2. The van der Waals surface area contributed by atoms with E-state index >= 15 is 0 Å². The molecule has 0 atom stereocenters. The van der Waals surface area contributed by atoms with Crippen LogP contribution in [0.1, 0.15) is 60.1 Å². The molecule has 0 bridgehead atoms. The van der Waals surface area contributed by atoms with E-state index in [0.29, 0.717) is 11.8 Å². The fourth-order valence-electron chi connectivity index (χ4n) is 3.65. The van der Waals surface area contributed by atoms with Crippen LogP contribution in [0.2, 0.25) is 0 Å². The van der Waals surface area contributed by atoms with Gasteiger partial charge in [-0.3, -0.25) is 4.90 Å². The van der Waals surface area contributed by atoms with E-state index in [1.165, 1.54) is 28.6 Å². The van der Waals surface area contributed by atoms with Crippen LogP contribution >= 0.6 is 11.3 Å². The number of rotatable bonds is 4. The molecule has 2 aromatic heterocycles. The molecule has 1 N–H and O–H groups in total. The number of hydrogen-bond acceptors (Lipinski definition) is 6. The lowest BCUT2D eigenvalue weighted by Gasteiger charge is -2.31. The van der Waals surface area contributed by atoms with Gasteiger partial charge in [-0.1, -0.05) is 13.8 Å². The van der Waals surface area contributed by atoms with Gasteiger partial charge in [-0.2, -0.15) is 0 Å². The molecule has 0 radical (unpaired) electrons. The molecule has 0 aromatic carbocycles. The van der Waals surface area contributed by atoms with Crippen molar-refractivity contribution in [3.63, 3.8) is 0 Å². The minimum Gasteiger partial charge on any atom is -0.312 e. The Kier molecular flexibility index (Phi) is 4.65. The average Bonchev–Trinajstić information content (AvgIpc) is 3.23. The van der Waals surface area contributed by atoms with Crippen LogP contribution in [0.15, 0.2) is 6.20 Å². The molecule has 1 fully saturated rings. The summed E-state index contributed by atoms with van der Waals surface area (Å²) in [5, 5.41) is 13.5. The minimum absolute atomic E-state index is 0.531. The maximum Gasteiger partial charge on any atom is 0.147 e. The molecule has 7 heteroatoms. The van der Waals surface area contributed by atoms with Crippen molar-refractivity contribution >= 4 is 11.3 Å². The van der Waals surface area contributed by atoms with E-state index < -0.39 is 0 Å². The molecule has 4 rings (SSSR count). The number of aromatic nitrogens is 4. The van der Waals surface area contributed by atoms with Gasteiger partial charge in [-0.05, 0) is 25.9 Å². The summed E-state index contributed by atoms with van der Waals surface area (Å²) in [5.41, 5.74) is 0. The largest absolute Gasteiger partial charge is 0.312 e. The highest BCUT2D eigenvalue weighted by atomic mass is 32.1. The molecule has 6 nitrogen and oxygen atoms in total. The molecule has 0 unspecified atom stereocenters. The second-order valence-corrected chi connectivity index (χ2v) is 8.32. The second kappa shape index (κ2) is 6.90. The molecule has 130 valence electrons. The van der Waals surface area contributed by atoms with Gasteiger partial charge in [0, 0.05) is 42.5 Å². The summed E-state index contributed by atoms with van der Waals surface area (Å²) in [7, 11) is 0. The lowest BCUT2D eigenvalue weighted by molar-refractivity contribution is 0.201. The van der Waals surface area contributed by atoms with Gasteiger partial charge in [0.05, 0.1) is 11.6 Å². The standard InChI is InChI=1S/C17H26N6S/c1-12(2)17-19-9-14(24-17)11-22-6-3-13(4-7-22)16-21-20-15-10-18-5-8-23(15)16/h9,12-13,18H,3-8,10-11H2,1-2H3. The summed E-state index contributed by atoms with van der Waals surface area (Å²) >= 11 is 1.87. The minimum atomic E-state index is 0.531. The molecular formula is C17H26N6S. The molecule has 2 aromatic rings. The van der Waals surface area contributed by atoms with Gasteiger partial charge in [0.2, 0.25) is 0 Å². The van der Waals surface area contributed by atoms with Crippen molar-refractivity contribution in [1.82, 2.24) is 30.0 Å². The number of fused-ring (bicyclic) bond motifs is 1. The number of thiazole rings is 1. The first-order valence-electron chi connectivity index (χ1n) is 9.00. The van der Waals surface area contributed by atoms with Crippen molar-refractivity contribution in [2.45, 2.75) is 58.2 Å². The summed E-state index contributed by atoms with van der Waals surface area (Å²) in [6.07, 6.45) is 4.43. The topological polar surface area (TPSA) is 58.9 Å². The number of nitrogens with zero attached hydrogens (tertiary/aromatic N) is 5. The Morgan fingerprint density at radius 1 is 1.25 bits per heavy atom. The third-order valence-corrected chi connectivity index (χ3v) is 6.33. The van der Waals surface area contributed by atoms with Crippen molar-refractivity contribution < 1.29 is 0 Å². The molecule has 2 aliphatic heterocycles. The predicted molar refractivity (Wildman–Crippen MR) is 95.2 cm³/mol. The molecule has 0 spiro atoms.